The average molecular weight is 137 g/mol. The highest BCUT2D eigenvalue weighted by molar-refractivity contribution is 5.92. The van der Waals surface area contributed by atoms with Gasteiger partial charge in [0.2, 0.25) is 0 Å². The second kappa shape index (κ2) is 2.47. The number of aromatic nitrogens is 1. The summed E-state index contributed by atoms with van der Waals surface area (Å²) in [4.78, 5) is 14.4. The number of amides is 1. The van der Waals surface area contributed by atoms with Crippen molar-refractivity contribution in [3.63, 3.8) is 0 Å². The van der Waals surface area contributed by atoms with E-state index in [0.717, 1.165) is 0 Å². The first-order chi connectivity index (χ1) is 5.25. The normalized spacial score (nSPS) is 10.6. The monoisotopic (exact) mass is 137 g/mol. The van der Waals surface area contributed by atoms with Gasteiger partial charge >= 0.3 is 0 Å². The maximum absolute atomic E-state index is 10.7. The molecule has 1 rings (SSSR count). The van der Waals surface area contributed by atoms with Crippen LogP contribution in [0.5, 0.6) is 0 Å². The molecule has 1 aromatic heterocycles. The molecule has 1 heterocycles. The molecule has 0 unspecified atom stereocenters. The van der Waals surface area contributed by atoms with Gasteiger partial charge in [-0.2, -0.15) is 0 Å². The molecule has 0 aliphatic heterocycles. The topological polar surface area (TPSA) is 56.0 Å². The van der Waals surface area contributed by atoms with Gasteiger partial charge in [-0.05, 0) is 18.5 Å². The number of hydrogen-bond acceptors (Lipinski definition) is 2. The molecule has 0 fully saturated rings. The zero-order valence-corrected chi connectivity index (χ0v) is 5.37. The summed E-state index contributed by atoms with van der Waals surface area (Å²) in [6, 6.07) is 3.34. The summed E-state index contributed by atoms with van der Waals surface area (Å²) in [6.45, 7) is 0.0338. The van der Waals surface area contributed by atoms with Gasteiger partial charge in [-0.3, -0.25) is 9.78 Å². The number of nitrogens with two attached hydrogens (primary N) is 1. The minimum atomic E-state index is -0.576. The predicted molar refractivity (Wildman–Crippen MR) is 37.5 cm³/mol. The standard InChI is InChI=1S/C7H8N2O/c1-5-3-2-4-9-6(5)7(8)10/h2-4H,1H3,(H2,8,10)/i1D. The van der Waals surface area contributed by atoms with Crippen LogP contribution < -0.4 is 5.73 Å². The molecule has 0 atom stereocenters. The van der Waals surface area contributed by atoms with E-state index in [9.17, 15) is 4.79 Å². The van der Waals surface area contributed by atoms with Crippen molar-refractivity contribution in [1.29, 1.82) is 0 Å². The van der Waals surface area contributed by atoms with Crippen LogP contribution in [-0.4, -0.2) is 10.9 Å². The molecule has 0 saturated heterocycles. The molecule has 0 aliphatic carbocycles. The van der Waals surface area contributed by atoms with E-state index >= 15 is 0 Å². The van der Waals surface area contributed by atoms with Gasteiger partial charge in [0.15, 0.2) is 0 Å². The van der Waals surface area contributed by atoms with Crippen molar-refractivity contribution in [3.8, 4) is 0 Å². The van der Waals surface area contributed by atoms with Gasteiger partial charge < -0.3 is 5.73 Å². The molecule has 1 amide bonds. The molecule has 0 aliphatic rings. The van der Waals surface area contributed by atoms with Crippen LogP contribution in [0.15, 0.2) is 18.3 Å². The van der Waals surface area contributed by atoms with Gasteiger partial charge in [0, 0.05) is 7.57 Å². The van der Waals surface area contributed by atoms with Gasteiger partial charge in [-0.15, -0.1) is 0 Å². The summed E-state index contributed by atoms with van der Waals surface area (Å²) in [5.41, 5.74) is 5.77. The van der Waals surface area contributed by atoms with Gasteiger partial charge in [-0.1, -0.05) is 6.07 Å². The van der Waals surface area contributed by atoms with Crippen molar-refractivity contribution in [2.75, 3.05) is 0 Å². The summed E-state index contributed by atoms with van der Waals surface area (Å²) in [6.07, 6.45) is 1.49. The Kier molecular flexibility index (Phi) is 1.34. The predicted octanol–water partition coefficient (Wildman–Crippen LogP) is 0.489. The lowest BCUT2D eigenvalue weighted by atomic mass is 10.2. The van der Waals surface area contributed by atoms with Gasteiger partial charge in [0.25, 0.3) is 5.91 Å². The van der Waals surface area contributed by atoms with Crippen LogP contribution in [0, 0.1) is 6.90 Å². The van der Waals surface area contributed by atoms with E-state index < -0.39 is 5.91 Å². The van der Waals surface area contributed by atoms with E-state index in [1.165, 1.54) is 6.20 Å². The summed E-state index contributed by atoms with van der Waals surface area (Å²) in [5.74, 6) is -0.576. The van der Waals surface area contributed by atoms with E-state index in [1.54, 1.807) is 12.1 Å². The van der Waals surface area contributed by atoms with Crippen LogP contribution in [0.25, 0.3) is 0 Å². The Labute approximate surface area is 60.3 Å². The Hall–Kier alpha value is -1.38. The smallest absolute Gasteiger partial charge is 0.267 e. The molecule has 10 heavy (non-hydrogen) atoms. The maximum atomic E-state index is 10.7. The zero-order valence-electron chi connectivity index (χ0n) is 6.37. The van der Waals surface area contributed by atoms with Crippen molar-refractivity contribution in [2.24, 2.45) is 5.73 Å². The number of nitrogens with zero attached hydrogens (tertiary/aromatic N) is 1. The highest BCUT2D eigenvalue weighted by Crippen LogP contribution is 2.00. The fourth-order valence-corrected chi connectivity index (χ4v) is 0.660. The molecule has 0 bridgehead atoms. The Morgan fingerprint density at radius 3 is 3.20 bits per heavy atom. The van der Waals surface area contributed by atoms with Crippen LogP contribution >= 0.6 is 0 Å². The number of carbonyl (C=O) groups is 1. The lowest BCUT2D eigenvalue weighted by Gasteiger charge is -1.96. The van der Waals surface area contributed by atoms with Crippen LogP contribution in [0.3, 0.4) is 0 Å². The van der Waals surface area contributed by atoms with Crippen molar-refractivity contribution < 1.29 is 6.17 Å². The first-order valence-corrected chi connectivity index (χ1v) is 2.78. The lowest BCUT2D eigenvalue weighted by Crippen LogP contribution is -2.14. The highest BCUT2D eigenvalue weighted by Gasteiger charge is 2.02. The molecular formula is C7H8N2O. The minimum absolute atomic E-state index is 0.0338. The Morgan fingerprint density at radius 1 is 1.90 bits per heavy atom. The van der Waals surface area contributed by atoms with Gasteiger partial charge in [0.1, 0.15) is 5.69 Å². The summed E-state index contributed by atoms with van der Waals surface area (Å²) in [5, 5.41) is 0. The van der Waals surface area contributed by atoms with E-state index in [-0.39, 0.29) is 12.6 Å². The van der Waals surface area contributed by atoms with Crippen molar-refractivity contribution in [2.45, 2.75) is 6.90 Å². The molecular weight excluding hydrogens is 128 g/mol. The number of aryl methyl sites for hydroxylation is 1. The maximum Gasteiger partial charge on any atom is 0.267 e. The van der Waals surface area contributed by atoms with E-state index in [4.69, 9.17) is 7.10 Å². The highest BCUT2D eigenvalue weighted by atomic mass is 16.1. The molecule has 0 aromatic carbocycles. The second-order valence-electron chi connectivity index (χ2n) is 1.88. The van der Waals surface area contributed by atoms with Gasteiger partial charge in [-0.25, -0.2) is 0 Å². The van der Waals surface area contributed by atoms with E-state index in [2.05, 4.69) is 4.98 Å². The zero-order chi connectivity index (χ0) is 8.27. The minimum Gasteiger partial charge on any atom is -0.364 e. The quantitative estimate of drug-likeness (QED) is 0.612. The SMILES string of the molecule is [2H]Cc1cccnc1C(N)=O. The molecule has 0 spiro atoms. The van der Waals surface area contributed by atoms with Crippen molar-refractivity contribution >= 4 is 5.91 Å². The summed E-state index contributed by atoms with van der Waals surface area (Å²) >= 11 is 0. The average Bonchev–Trinajstić information content (AvgIpc) is 2.04. The van der Waals surface area contributed by atoms with E-state index in [0.29, 0.717) is 5.56 Å². The van der Waals surface area contributed by atoms with Crippen LogP contribution in [-0.2, 0) is 0 Å². The first-order valence-electron chi connectivity index (χ1n) is 3.49. The Bertz CT molecular complexity index is 275. The molecule has 0 saturated carbocycles. The van der Waals surface area contributed by atoms with E-state index in [1.807, 2.05) is 0 Å². The fourth-order valence-electron chi connectivity index (χ4n) is 0.660. The van der Waals surface area contributed by atoms with Crippen molar-refractivity contribution in [3.05, 3.63) is 29.6 Å². The Morgan fingerprint density at radius 2 is 2.70 bits per heavy atom. The molecule has 3 nitrogen and oxygen atoms in total. The largest absolute Gasteiger partial charge is 0.364 e. The molecule has 0 radical (unpaired) electrons. The summed E-state index contributed by atoms with van der Waals surface area (Å²) in [7, 11) is 0. The molecule has 52 valence electrons. The number of pyridine rings is 1. The third-order valence-corrected chi connectivity index (χ3v) is 1.12. The second-order valence-corrected chi connectivity index (χ2v) is 1.88. The number of carbonyl (C=O) groups excluding carboxylic acids is 1. The van der Waals surface area contributed by atoms with Crippen LogP contribution in [0.1, 0.15) is 17.4 Å². The first kappa shape index (κ1) is 5.41. The van der Waals surface area contributed by atoms with Crippen LogP contribution in [0.4, 0.5) is 0 Å². The Balaban J connectivity index is 3.12. The van der Waals surface area contributed by atoms with Crippen molar-refractivity contribution in [1.82, 2.24) is 4.98 Å². The fraction of sp³-hybridized carbons (Fsp3) is 0.143. The third-order valence-electron chi connectivity index (χ3n) is 1.12. The van der Waals surface area contributed by atoms with Gasteiger partial charge in [0.05, 0.1) is 0 Å². The molecule has 1 aromatic rings. The number of hydrogen-bond donors (Lipinski definition) is 1. The third kappa shape index (κ3) is 1.13. The summed E-state index contributed by atoms with van der Waals surface area (Å²) < 4.78 is 7.03. The number of rotatable bonds is 1. The lowest BCUT2D eigenvalue weighted by molar-refractivity contribution is 0.0995. The molecule has 2 N–H and O–H groups in total. The number of primary amides is 1. The molecule has 3 heteroatoms. The van der Waals surface area contributed by atoms with Crippen LogP contribution in [0.2, 0.25) is 0 Å².